The number of halogens is 3. The van der Waals surface area contributed by atoms with Crippen molar-refractivity contribution >= 4 is 5.91 Å². The maximum absolute atomic E-state index is 12.3. The number of nitrogens with one attached hydrogen (secondary N) is 2. The van der Waals surface area contributed by atoms with E-state index in [4.69, 9.17) is 0 Å². The molecule has 100 valence electrons. The van der Waals surface area contributed by atoms with Crippen molar-refractivity contribution in [2.45, 2.75) is 12.7 Å². The van der Waals surface area contributed by atoms with Gasteiger partial charge in [0.15, 0.2) is 0 Å². The molecule has 0 saturated carbocycles. The molecule has 1 amide bonds. The summed E-state index contributed by atoms with van der Waals surface area (Å²) in [6.45, 7) is 0.160. The van der Waals surface area contributed by atoms with Gasteiger partial charge in [0.1, 0.15) is 11.5 Å². The van der Waals surface area contributed by atoms with Crippen molar-refractivity contribution in [3.05, 3.63) is 47.8 Å². The molecule has 19 heavy (non-hydrogen) atoms. The number of nitrogens with zero attached hydrogens (tertiary/aromatic N) is 2. The fourth-order valence-electron chi connectivity index (χ4n) is 1.36. The zero-order valence-corrected chi connectivity index (χ0v) is 9.53. The van der Waals surface area contributed by atoms with E-state index < -0.39 is 17.8 Å². The lowest BCUT2D eigenvalue weighted by atomic mass is 10.2. The topological polar surface area (TPSA) is 70.7 Å². The Labute approximate surface area is 105 Å². The van der Waals surface area contributed by atoms with E-state index in [0.717, 1.165) is 18.3 Å². The van der Waals surface area contributed by atoms with Crippen LogP contribution in [-0.4, -0.2) is 20.9 Å². The van der Waals surface area contributed by atoms with Crippen molar-refractivity contribution in [1.82, 2.24) is 20.3 Å². The molecule has 2 heterocycles. The molecule has 5 nitrogen and oxygen atoms in total. The van der Waals surface area contributed by atoms with E-state index in [9.17, 15) is 18.0 Å². The van der Waals surface area contributed by atoms with Gasteiger partial charge in [-0.25, -0.2) is 4.98 Å². The molecule has 0 saturated heterocycles. The summed E-state index contributed by atoms with van der Waals surface area (Å²) in [7, 11) is 0. The minimum absolute atomic E-state index is 0.0551. The normalized spacial score (nSPS) is 11.3. The van der Waals surface area contributed by atoms with Gasteiger partial charge < -0.3 is 10.3 Å². The number of imidazole rings is 1. The Balaban J connectivity index is 2.00. The molecule has 2 rings (SSSR count). The van der Waals surface area contributed by atoms with Crippen LogP contribution in [0.4, 0.5) is 13.2 Å². The molecule has 0 aromatic carbocycles. The Kier molecular flexibility index (Phi) is 3.50. The number of amides is 1. The Morgan fingerprint density at radius 2 is 2.11 bits per heavy atom. The Morgan fingerprint density at radius 3 is 2.63 bits per heavy atom. The molecule has 0 atom stereocenters. The average molecular weight is 270 g/mol. The third-order valence-electron chi connectivity index (χ3n) is 2.29. The minimum Gasteiger partial charge on any atom is -0.347 e. The first kappa shape index (κ1) is 13.1. The molecule has 2 N–H and O–H groups in total. The Bertz CT molecular complexity index is 548. The van der Waals surface area contributed by atoms with Crippen LogP contribution in [0.1, 0.15) is 21.9 Å². The molecule has 0 radical (unpaired) electrons. The second kappa shape index (κ2) is 5.09. The van der Waals surface area contributed by atoms with Crippen molar-refractivity contribution in [3.8, 4) is 0 Å². The summed E-state index contributed by atoms with van der Waals surface area (Å²) in [5.41, 5.74) is -0.977. The van der Waals surface area contributed by atoms with Crippen LogP contribution in [0.5, 0.6) is 0 Å². The first-order valence-corrected chi connectivity index (χ1v) is 5.26. The summed E-state index contributed by atoms with van der Waals surface area (Å²) >= 11 is 0. The van der Waals surface area contributed by atoms with Crippen molar-refractivity contribution in [1.29, 1.82) is 0 Å². The van der Waals surface area contributed by atoms with Gasteiger partial charge in [-0.1, -0.05) is 0 Å². The molecule has 0 aliphatic rings. The lowest BCUT2D eigenvalue weighted by molar-refractivity contribution is -0.141. The summed E-state index contributed by atoms with van der Waals surface area (Å²) in [6, 6.07) is 1.84. The predicted octanol–water partition coefficient (Wildman–Crippen LogP) is 1.75. The van der Waals surface area contributed by atoms with Crippen LogP contribution in [0.15, 0.2) is 30.7 Å². The van der Waals surface area contributed by atoms with Gasteiger partial charge >= 0.3 is 6.18 Å². The maximum atomic E-state index is 12.3. The number of hydrogen-bond acceptors (Lipinski definition) is 3. The summed E-state index contributed by atoms with van der Waals surface area (Å²) in [4.78, 5) is 21.5. The molecule has 2 aromatic heterocycles. The van der Waals surface area contributed by atoms with Gasteiger partial charge in [0.25, 0.3) is 5.91 Å². The molecule has 0 spiro atoms. The highest BCUT2D eigenvalue weighted by Gasteiger charge is 2.32. The number of H-pyrrole nitrogens is 1. The van der Waals surface area contributed by atoms with Crippen LogP contribution in [0.25, 0.3) is 0 Å². The van der Waals surface area contributed by atoms with Crippen LogP contribution in [-0.2, 0) is 12.7 Å². The summed E-state index contributed by atoms with van der Waals surface area (Å²) in [6.07, 6.45) is -0.494. The number of alkyl halides is 3. The van der Waals surface area contributed by atoms with Crippen molar-refractivity contribution < 1.29 is 18.0 Å². The summed E-state index contributed by atoms with van der Waals surface area (Å²) in [5, 5.41) is 2.51. The Morgan fingerprint density at radius 1 is 1.32 bits per heavy atom. The largest absolute Gasteiger partial charge is 0.433 e. The second-order valence-corrected chi connectivity index (χ2v) is 3.65. The zero-order valence-electron chi connectivity index (χ0n) is 9.53. The van der Waals surface area contributed by atoms with Crippen LogP contribution in [0.2, 0.25) is 0 Å². The van der Waals surface area contributed by atoms with Crippen LogP contribution in [0.3, 0.4) is 0 Å². The third kappa shape index (κ3) is 3.30. The molecule has 0 unspecified atom stereocenters. The van der Waals surface area contributed by atoms with E-state index in [-0.39, 0.29) is 12.1 Å². The van der Waals surface area contributed by atoms with Gasteiger partial charge in [-0.2, -0.15) is 13.2 Å². The fraction of sp³-hybridized carbons (Fsp3) is 0.182. The van der Waals surface area contributed by atoms with Crippen molar-refractivity contribution in [2.24, 2.45) is 0 Å². The highest BCUT2D eigenvalue weighted by Crippen LogP contribution is 2.27. The van der Waals surface area contributed by atoms with Crippen LogP contribution >= 0.6 is 0 Å². The van der Waals surface area contributed by atoms with E-state index >= 15 is 0 Å². The van der Waals surface area contributed by atoms with Gasteiger partial charge in [-0.15, -0.1) is 0 Å². The number of carbonyl (C=O) groups excluding carboxylic acids is 1. The zero-order chi connectivity index (χ0) is 13.9. The molecule has 0 fully saturated rings. The SMILES string of the molecule is O=C(NCc1ncc[nH]1)c1ccc(C(F)(F)F)nc1. The first-order valence-electron chi connectivity index (χ1n) is 5.26. The third-order valence-corrected chi connectivity index (χ3v) is 2.29. The van der Waals surface area contributed by atoms with Gasteiger partial charge in [0, 0.05) is 18.6 Å². The van der Waals surface area contributed by atoms with Crippen molar-refractivity contribution in [2.75, 3.05) is 0 Å². The van der Waals surface area contributed by atoms with Gasteiger partial charge in [0.05, 0.1) is 12.1 Å². The minimum atomic E-state index is -4.51. The number of aromatic nitrogens is 3. The molecular weight excluding hydrogens is 261 g/mol. The number of hydrogen-bond donors (Lipinski definition) is 2. The summed E-state index contributed by atoms with van der Waals surface area (Å²) < 4.78 is 36.8. The highest BCUT2D eigenvalue weighted by molar-refractivity contribution is 5.93. The first-order chi connectivity index (χ1) is 8.97. The number of rotatable bonds is 3. The molecule has 0 aliphatic heterocycles. The van der Waals surface area contributed by atoms with Gasteiger partial charge in [-0.3, -0.25) is 9.78 Å². The fourth-order valence-corrected chi connectivity index (χ4v) is 1.36. The quantitative estimate of drug-likeness (QED) is 0.892. The van der Waals surface area contributed by atoms with Gasteiger partial charge in [0.2, 0.25) is 0 Å². The molecular formula is C11H9F3N4O. The molecule has 8 heteroatoms. The predicted molar refractivity (Wildman–Crippen MR) is 59.0 cm³/mol. The number of aromatic amines is 1. The van der Waals surface area contributed by atoms with E-state index in [1.165, 1.54) is 6.20 Å². The van der Waals surface area contributed by atoms with Crippen LogP contribution < -0.4 is 5.32 Å². The average Bonchev–Trinajstić information content (AvgIpc) is 2.88. The monoisotopic (exact) mass is 270 g/mol. The molecule has 0 bridgehead atoms. The van der Waals surface area contributed by atoms with E-state index in [1.54, 1.807) is 6.20 Å². The van der Waals surface area contributed by atoms with Crippen molar-refractivity contribution in [3.63, 3.8) is 0 Å². The van der Waals surface area contributed by atoms with E-state index in [1.807, 2.05) is 0 Å². The number of pyridine rings is 1. The standard InChI is InChI=1S/C11H9F3N4O/c12-11(13,14)8-2-1-7(5-17-8)10(19)18-6-9-15-3-4-16-9/h1-5H,6H2,(H,15,16)(H,18,19). The van der Waals surface area contributed by atoms with Gasteiger partial charge in [-0.05, 0) is 12.1 Å². The van der Waals surface area contributed by atoms with E-state index in [2.05, 4.69) is 20.3 Å². The smallest absolute Gasteiger partial charge is 0.347 e. The number of carbonyl (C=O) groups is 1. The maximum Gasteiger partial charge on any atom is 0.433 e. The summed E-state index contributed by atoms with van der Waals surface area (Å²) in [5.74, 6) is 0.0332. The van der Waals surface area contributed by atoms with Crippen LogP contribution in [0, 0.1) is 0 Å². The second-order valence-electron chi connectivity index (χ2n) is 3.65. The highest BCUT2D eigenvalue weighted by atomic mass is 19.4. The lowest BCUT2D eigenvalue weighted by Gasteiger charge is -2.06. The molecule has 2 aromatic rings. The Hall–Kier alpha value is -2.38. The molecule has 0 aliphatic carbocycles. The lowest BCUT2D eigenvalue weighted by Crippen LogP contribution is -2.23. The van der Waals surface area contributed by atoms with E-state index in [0.29, 0.717) is 5.82 Å².